The van der Waals surface area contributed by atoms with Crippen LogP contribution in [0.4, 0.5) is 0 Å². The minimum Gasteiger partial charge on any atom is -0.377 e. The molecule has 1 rings (SSSR count). The summed E-state index contributed by atoms with van der Waals surface area (Å²) in [5.41, 5.74) is 7.03. The maximum atomic E-state index is 10.9. The zero-order valence-electron chi connectivity index (χ0n) is 11.6. The summed E-state index contributed by atoms with van der Waals surface area (Å²) in [6.45, 7) is 4.07. The van der Waals surface area contributed by atoms with Gasteiger partial charge in [-0.15, -0.1) is 0 Å². The SMILES string of the molecule is CC(C)CC(C=O)NC(O)C(N)Cc1ccccc1. The van der Waals surface area contributed by atoms with Gasteiger partial charge in [-0.3, -0.25) is 5.32 Å². The zero-order valence-corrected chi connectivity index (χ0v) is 11.6. The van der Waals surface area contributed by atoms with Crippen LogP contribution in [0, 0.1) is 5.92 Å². The van der Waals surface area contributed by atoms with E-state index >= 15 is 0 Å². The lowest BCUT2D eigenvalue weighted by atomic mass is 10.0. The second kappa shape index (κ2) is 8.04. The molecule has 0 aliphatic rings. The fourth-order valence-corrected chi connectivity index (χ4v) is 2.01. The van der Waals surface area contributed by atoms with Crippen molar-refractivity contribution in [2.24, 2.45) is 11.7 Å². The van der Waals surface area contributed by atoms with E-state index in [-0.39, 0.29) is 6.04 Å². The molecule has 0 heterocycles. The molecule has 0 radical (unpaired) electrons. The third-order valence-corrected chi connectivity index (χ3v) is 2.99. The lowest BCUT2D eigenvalue weighted by molar-refractivity contribution is -0.111. The average Bonchev–Trinajstić information content (AvgIpc) is 2.38. The molecule has 0 bridgehead atoms. The molecule has 19 heavy (non-hydrogen) atoms. The molecule has 0 aromatic heterocycles. The molecule has 0 fully saturated rings. The minimum absolute atomic E-state index is 0.350. The molecule has 4 heteroatoms. The predicted octanol–water partition coefficient (Wildman–Crippen LogP) is 1.08. The first kappa shape index (κ1) is 15.8. The quantitative estimate of drug-likeness (QED) is 0.485. The van der Waals surface area contributed by atoms with E-state index in [4.69, 9.17) is 5.73 Å². The third kappa shape index (κ3) is 5.96. The van der Waals surface area contributed by atoms with E-state index in [1.807, 2.05) is 44.2 Å². The number of hydrogen-bond donors (Lipinski definition) is 3. The van der Waals surface area contributed by atoms with E-state index < -0.39 is 12.3 Å². The fourth-order valence-electron chi connectivity index (χ4n) is 2.01. The number of benzene rings is 1. The maximum Gasteiger partial charge on any atom is 0.136 e. The Bertz CT molecular complexity index is 368. The van der Waals surface area contributed by atoms with Crippen LogP contribution < -0.4 is 11.1 Å². The lowest BCUT2D eigenvalue weighted by Gasteiger charge is -2.24. The predicted molar refractivity (Wildman–Crippen MR) is 76.6 cm³/mol. The fraction of sp³-hybridized carbons (Fsp3) is 0.533. The Labute approximate surface area is 115 Å². The summed E-state index contributed by atoms with van der Waals surface area (Å²) in [5, 5.41) is 12.9. The zero-order chi connectivity index (χ0) is 14.3. The van der Waals surface area contributed by atoms with Gasteiger partial charge in [-0.05, 0) is 24.3 Å². The topological polar surface area (TPSA) is 75.3 Å². The van der Waals surface area contributed by atoms with Crippen LogP contribution in [0.3, 0.4) is 0 Å². The molecular weight excluding hydrogens is 240 g/mol. The second-order valence-corrected chi connectivity index (χ2v) is 5.34. The molecule has 0 saturated carbocycles. The Hall–Kier alpha value is -1.23. The smallest absolute Gasteiger partial charge is 0.136 e. The van der Waals surface area contributed by atoms with Gasteiger partial charge in [-0.1, -0.05) is 44.2 Å². The molecule has 0 spiro atoms. The Morgan fingerprint density at radius 1 is 1.32 bits per heavy atom. The van der Waals surface area contributed by atoms with E-state index in [2.05, 4.69) is 5.32 Å². The number of hydrogen-bond acceptors (Lipinski definition) is 4. The number of carbonyl (C=O) groups excluding carboxylic acids is 1. The molecule has 0 aliphatic carbocycles. The van der Waals surface area contributed by atoms with Crippen molar-refractivity contribution in [3.8, 4) is 0 Å². The highest BCUT2D eigenvalue weighted by Gasteiger charge is 2.19. The van der Waals surface area contributed by atoms with Gasteiger partial charge in [0.2, 0.25) is 0 Å². The molecule has 3 unspecified atom stereocenters. The Morgan fingerprint density at radius 3 is 2.47 bits per heavy atom. The van der Waals surface area contributed by atoms with Crippen molar-refractivity contribution in [1.29, 1.82) is 0 Å². The number of nitrogens with one attached hydrogen (secondary N) is 1. The van der Waals surface area contributed by atoms with Gasteiger partial charge in [0.25, 0.3) is 0 Å². The van der Waals surface area contributed by atoms with Crippen molar-refractivity contribution >= 4 is 6.29 Å². The first-order valence-corrected chi connectivity index (χ1v) is 6.71. The van der Waals surface area contributed by atoms with Crippen LogP contribution in [0.1, 0.15) is 25.8 Å². The second-order valence-electron chi connectivity index (χ2n) is 5.34. The van der Waals surface area contributed by atoms with Crippen LogP contribution in [-0.2, 0) is 11.2 Å². The van der Waals surface area contributed by atoms with Crippen molar-refractivity contribution in [3.05, 3.63) is 35.9 Å². The number of aliphatic hydroxyl groups excluding tert-OH is 1. The van der Waals surface area contributed by atoms with Crippen LogP contribution in [-0.4, -0.2) is 29.7 Å². The van der Waals surface area contributed by atoms with Crippen LogP contribution in [0.5, 0.6) is 0 Å². The number of aliphatic hydroxyl groups is 1. The first-order valence-electron chi connectivity index (χ1n) is 6.71. The van der Waals surface area contributed by atoms with Gasteiger partial charge in [0, 0.05) is 6.04 Å². The molecule has 4 nitrogen and oxygen atoms in total. The van der Waals surface area contributed by atoms with Crippen LogP contribution >= 0.6 is 0 Å². The van der Waals surface area contributed by atoms with E-state index in [1.54, 1.807) is 0 Å². The van der Waals surface area contributed by atoms with E-state index in [9.17, 15) is 9.90 Å². The summed E-state index contributed by atoms with van der Waals surface area (Å²) >= 11 is 0. The molecule has 3 atom stereocenters. The Balaban J connectivity index is 2.47. The van der Waals surface area contributed by atoms with Gasteiger partial charge in [0.15, 0.2) is 0 Å². The molecule has 106 valence electrons. The van der Waals surface area contributed by atoms with Gasteiger partial charge in [0.05, 0.1) is 6.04 Å². The van der Waals surface area contributed by atoms with Crippen molar-refractivity contribution in [2.45, 2.75) is 45.0 Å². The van der Waals surface area contributed by atoms with Gasteiger partial charge in [0.1, 0.15) is 12.5 Å². The van der Waals surface area contributed by atoms with E-state index in [0.717, 1.165) is 11.8 Å². The van der Waals surface area contributed by atoms with Crippen LogP contribution in [0.25, 0.3) is 0 Å². The van der Waals surface area contributed by atoms with Gasteiger partial charge < -0.3 is 15.6 Å². The summed E-state index contributed by atoms with van der Waals surface area (Å²) < 4.78 is 0. The third-order valence-electron chi connectivity index (χ3n) is 2.99. The largest absolute Gasteiger partial charge is 0.377 e. The van der Waals surface area contributed by atoms with Gasteiger partial charge in [-0.2, -0.15) is 0 Å². The molecule has 1 aromatic rings. The minimum atomic E-state index is -0.880. The summed E-state index contributed by atoms with van der Waals surface area (Å²) in [6, 6.07) is 8.97. The van der Waals surface area contributed by atoms with E-state index in [0.29, 0.717) is 18.8 Å². The summed E-state index contributed by atoms with van der Waals surface area (Å²) in [4.78, 5) is 10.9. The van der Waals surface area contributed by atoms with Crippen molar-refractivity contribution < 1.29 is 9.90 Å². The van der Waals surface area contributed by atoms with E-state index in [1.165, 1.54) is 0 Å². The normalized spacial score (nSPS) is 16.1. The Morgan fingerprint density at radius 2 is 1.95 bits per heavy atom. The monoisotopic (exact) mass is 264 g/mol. The molecule has 4 N–H and O–H groups in total. The number of nitrogens with two attached hydrogens (primary N) is 1. The Kier molecular flexibility index (Phi) is 6.70. The van der Waals surface area contributed by atoms with Crippen molar-refractivity contribution in [2.75, 3.05) is 0 Å². The number of rotatable bonds is 8. The van der Waals surface area contributed by atoms with Gasteiger partial charge >= 0.3 is 0 Å². The highest BCUT2D eigenvalue weighted by Crippen LogP contribution is 2.06. The van der Waals surface area contributed by atoms with Crippen LogP contribution in [0.2, 0.25) is 0 Å². The molecular formula is C15H24N2O2. The molecule has 0 aliphatic heterocycles. The average molecular weight is 264 g/mol. The maximum absolute atomic E-state index is 10.9. The van der Waals surface area contributed by atoms with Gasteiger partial charge in [-0.25, -0.2) is 0 Å². The summed E-state index contributed by atoms with van der Waals surface area (Å²) in [5.74, 6) is 0.389. The standard InChI is InChI=1S/C15H24N2O2/c1-11(2)8-13(10-18)17-15(19)14(16)9-12-6-4-3-5-7-12/h3-7,10-11,13-15,17,19H,8-9,16H2,1-2H3. The summed E-state index contributed by atoms with van der Waals surface area (Å²) in [7, 11) is 0. The number of carbonyl (C=O) groups is 1. The molecule has 0 saturated heterocycles. The highest BCUT2D eigenvalue weighted by molar-refractivity contribution is 5.57. The summed E-state index contributed by atoms with van der Waals surface area (Å²) in [6.07, 6.45) is 1.22. The van der Waals surface area contributed by atoms with Crippen LogP contribution in [0.15, 0.2) is 30.3 Å². The van der Waals surface area contributed by atoms with Crippen molar-refractivity contribution in [3.63, 3.8) is 0 Å². The van der Waals surface area contributed by atoms with Crippen molar-refractivity contribution in [1.82, 2.24) is 5.32 Å². The number of aldehydes is 1. The molecule has 0 amide bonds. The molecule has 1 aromatic carbocycles. The highest BCUT2D eigenvalue weighted by atomic mass is 16.3. The first-order chi connectivity index (χ1) is 9.02. The lowest BCUT2D eigenvalue weighted by Crippen LogP contribution is -2.51.